The third kappa shape index (κ3) is 6.49. The Labute approximate surface area is 184 Å². The van der Waals surface area contributed by atoms with Gasteiger partial charge in [-0.3, -0.25) is 9.59 Å². The molecule has 30 heavy (non-hydrogen) atoms. The summed E-state index contributed by atoms with van der Waals surface area (Å²) in [5, 5.41) is 3.47. The Hall–Kier alpha value is -2.53. The van der Waals surface area contributed by atoms with Crippen molar-refractivity contribution in [2.75, 3.05) is 13.2 Å². The number of carbonyl (C=O) groups is 2. The second-order valence-electron chi connectivity index (χ2n) is 7.39. The number of carbonyl (C=O) groups excluding carboxylic acids is 2. The van der Waals surface area contributed by atoms with Gasteiger partial charge in [-0.2, -0.15) is 0 Å². The first-order chi connectivity index (χ1) is 14.4. The van der Waals surface area contributed by atoms with Gasteiger partial charge in [0.25, 0.3) is 5.91 Å². The summed E-state index contributed by atoms with van der Waals surface area (Å²) in [6, 6.07) is 12.6. The molecule has 2 rings (SSSR count). The normalized spacial score (nSPS) is 11.6. The van der Waals surface area contributed by atoms with E-state index >= 15 is 0 Å². The number of hydrogen-bond acceptors (Lipinski definition) is 3. The topological polar surface area (TPSA) is 58.6 Å². The second kappa shape index (κ2) is 11.6. The summed E-state index contributed by atoms with van der Waals surface area (Å²) in [6.45, 7) is 8.51. The highest BCUT2D eigenvalue weighted by molar-refractivity contribution is 6.31. The molecule has 2 aromatic rings. The number of rotatable bonds is 10. The van der Waals surface area contributed by atoms with E-state index in [4.69, 9.17) is 16.3 Å². The minimum absolute atomic E-state index is 0.147. The highest BCUT2D eigenvalue weighted by Crippen LogP contribution is 2.21. The number of aryl methyl sites for hydroxylation is 2. The van der Waals surface area contributed by atoms with E-state index in [9.17, 15) is 9.59 Å². The smallest absolute Gasteiger partial charge is 0.261 e. The van der Waals surface area contributed by atoms with Crippen LogP contribution in [0.25, 0.3) is 0 Å². The van der Waals surface area contributed by atoms with Crippen molar-refractivity contribution in [3.8, 4) is 5.75 Å². The predicted molar refractivity (Wildman–Crippen MR) is 121 cm³/mol. The fraction of sp³-hybridized carbons (Fsp3) is 0.417. The fourth-order valence-electron chi connectivity index (χ4n) is 3.28. The number of benzene rings is 2. The molecule has 0 heterocycles. The third-order valence-electron chi connectivity index (χ3n) is 4.92. The lowest BCUT2D eigenvalue weighted by atomic mass is 10.1. The summed E-state index contributed by atoms with van der Waals surface area (Å²) in [4.78, 5) is 27.5. The minimum Gasteiger partial charge on any atom is -0.483 e. The molecule has 1 N–H and O–H groups in total. The molecule has 0 bridgehead atoms. The van der Waals surface area contributed by atoms with Crippen LogP contribution in [0.1, 0.15) is 43.4 Å². The second-order valence-corrected chi connectivity index (χ2v) is 7.79. The van der Waals surface area contributed by atoms with Crippen molar-refractivity contribution >= 4 is 23.4 Å². The zero-order chi connectivity index (χ0) is 22.1. The molecular weight excluding hydrogens is 400 g/mol. The van der Waals surface area contributed by atoms with Gasteiger partial charge in [-0.25, -0.2) is 0 Å². The van der Waals surface area contributed by atoms with Gasteiger partial charge in [0, 0.05) is 18.1 Å². The maximum Gasteiger partial charge on any atom is 0.261 e. The van der Waals surface area contributed by atoms with Crippen molar-refractivity contribution in [1.82, 2.24) is 10.2 Å². The number of nitrogens with one attached hydrogen (secondary N) is 1. The van der Waals surface area contributed by atoms with Crippen LogP contribution in [0.15, 0.2) is 42.5 Å². The quantitative estimate of drug-likeness (QED) is 0.595. The molecule has 0 aliphatic heterocycles. The standard InChI is InChI=1S/C24H31ClN2O3/c1-5-13-26-24(29)21(6-2)27(15-19-9-7-8-10-20(19)25)23(28)16-30-22-12-11-17(3)14-18(22)4/h7-12,14,21H,5-6,13,15-16H2,1-4H3,(H,26,29). The van der Waals surface area contributed by atoms with Gasteiger partial charge >= 0.3 is 0 Å². The van der Waals surface area contributed by atoms with Gasteiger partial charge in [-0.15, -0.1) is 0 Å². The molecule has 0 aliphatic rings. The van der Waals surface area contributed by atoms with Crippen LogP contribution in [0.4, 0.5) is 0 Å². The fourth-order valence-corrected chi connectivity index (χ4v) is 3.47. The molecule has 0 aliphatic carbocycles. The first-order valence-corrected chi connectivity index (χ1v) is 10.8. The van der Waals surface area contributed by atoms with Crippen LogP contribution < -0.4 is 10.1 Å². The van der Waals surface area contributed by atoms with Gasteiger partial charge in [-0.05, 0) is 49.9 Å². The molecule has 2 amide bonds. The molecule has 0 saturated heterocycles. The lowest BCUT2D eigenvalue weighted by molar-refractivity contribution is -0.143. The average molecular weight is 431 g/mol. The maximum absolute atomic E-state index is 13.2. The van der Waals surface area contributed by atoms with Gasteiger partial charge in [0.1, 0.15) is 11.8 Å². The molecule has 0 radical (unpaired) electrons. The van der Waals surface area contributed by atoms with Crippen LogP contribution in [-0.2, 0) is 16.1 Å². The van der Waals surface area contributed by atoms with E-state index in [1.165, 1.54) is 0 Å². The maximum atomic E-state index is 13.2. The van der Waals surface area contributed by atoms with Crippen LogP contribution >= 0.6 is 11.6 Å². The summed E-state index contributed by atoms with van der Waals surface area (Å²) in [5.41, 5.74) is 2.89. The molecule has 1 unspecified atom stereocenters. The molecular formula is C24H31ClN2O3. The largest absolute Gasteiger partial charge is 0.483 e. The third-order valence-corrected chi connectivity index (χ3v) is 5.28. The van der Waals surface area contributed by atoms with Crippen molar-refractivity contribution in [2.24, 2.45) is 0 Å². The molecule has 5 nitrogen and oxygen atoms in total. The zero-order valence-corrected chi connectivity index (χ0v) is 19.0. The summed E-state index contributed by atoms with van der Waals surface area (Å²) >= 11 is 6.32. The Balaban J connectivity index is 2.22. The molecule has 1 atom stereocenters. The minimum atomic E-state index is -0.594. The molecule has 6 heteroatoms. The van der Waals surface area contributed by atoms with Crippen LogP contribution in [0.5, 0.6) is 5.75 Å². The lowest BCUT2D eigenvalue weighted by Crippen LogP contribution is -2.50. The van der Waals surface area contributed by atoms with Crippen molar-refractivity contribution in [3.63, 3.8) is 0 Å². The Bertz CT molecular complexity index is 869. The number of amides is 2. The van der Waals surface area contributed by atoms with Gasteiger partial charge < -0.3 is 15.0 Å². The van der Waals surface area contributed by atoms with Crippen molar-refractivity contribution in [2.45, 2.75) is 53.1 Å². The summed E-state index contributed by atoms with van der Waals surface area (Å²) in [7, 11) is 0. The Kier molecular flexibility index (Phi) is 9.18. The summed E-state index contributed by atoms with van der Waals surface area (Å²) < 4.78 is 5.80. The van der Waals surface area contributed by atoms with Crippen LogP contribution in [0.3, 0.4) is 0 Å². The lowest BCUT2D eigenvalue weighted by Gasteiger charge is -2.31. The molecule has 0 spiro atoms. The van der Waals surface area contributed by atoms with Crippen molar-refractivity contribution < 1.29 is 14.3 Å². The van der Waals surface area contributed by atoms with E-state index in [-0.39, 0.29) is 25.0 Å². The summed E-state index contributed by atoms with van der Waals surface area (Å²) in [6.07, 6.45) is 1.33. The van der Waals surface area contributed by atoms with Crippen molar-refractivity contribution in [3.05, 3.63) is 64.2 Å². The van der Waals surface area contributed by atoms with E-state index in [1.54, 1.807) is 11.0 Å². The zero-order valence-electron chi connectivity index (χ0n) is 18.2. The monoisotopic (exact) mass is 430 g/mol. The van der Waals surface area contributed by atoms with E-state index in [2.05, 4.69) is 5.32 Å². The highest BCUT2D eigenvalue weighted by atomic mass is 35.5. The number of nitrogens with zero attached hydrogens (tertiary/aromatic N) is 1. The summed E-state index contributed by atoms with van der Waals surface area (Å²) in [5.74, 6) is 0.245. The van der Waals surface area contributed by atoms with Gasteiger partial charge in [0.2, 0.25) is 5.91 Å². The molecule has 2 aromatic carbocycles. The van der Waals surface area contributed by atoms with E-state index in [0.717, 1.165) is 23.1 Å². The number of hydrogen-bond donors (Lipinski definition) is 1. The van der Waals surface area contributed by atoms with E-state index < -0.39 is 6.04 Å². The first kappa shape index (κ1) is 23.7. The van der Waals surface area contributed by atoms with Crippen LogP contribution in [0.2, 0.25) is 5.02 Å². The Morgan fingerprint density at radius 1 is 1.13 bits per heavy atom. The van der Waals surface area contributed by atoms with Gasteiger partial charge in [-0.1, -0.05) is 61.3 Å². The van der Waals surface area contributed by atoms with E-state index in [0.29, 0.717) is 23.7 Å². The molecule has 162 valence electrons. The highest BCUT2D eigenvalue weighted by Gasteiger charge is 2.29. The van der Waals surface area contributed by atoms with E-state index in [1.807, 2.05) is 64.1 Å². The van der Waals surface area contributed by atoms with Gasteiger partial charge in [0.15, 0.2) is 6.61 Å². The SMILES string of the molecule is CCCNC(=O)C(CC)N(Cc1ccccc1Cl)C(=O)COc1ccc(C)cc1C. The predicted octanol–water partition coefficient (Wildman–Crippen LogP) is 4.67. The van der Waals surface area contributed by atoms with Crippen LogP contribution in [0, 0.1) is 13.8 Å². The molecule has 0 saturated carbocycles. The molecule has 0 aromatic heterocycles. The Morgan fingerprint density at radius 2 is 1.87 bits per heavy atom. The average Bonchev–Trinajstić information content (AvgIpc) is 2.72. The molecule has 0 fully saturated rings. The number of halogens is 1. The van der Waals surface area contributed by atoms with Crippen molar-refractivity contribution in [1.29, 1.82) is 0 Å². The first-order valence-electron chi connectivity index (χ1n) is 10.4. The van der Waals surface area contributed by atoms with Crippen LogP contribution in [-0.4, -0.2) is 35.9 Å². The van der Waals surface area contributed by atoms with Gasteiger partial charge in [0.05, 0.1) is 0 Å². The Morgan fingerprint density at radius 3 is 2.50 bits per heavy atom. The number of ether oxygens (including phenoxy) is 1.